The number of carbonyl (C=O) groups is 3. The number of benzene rings is 1. The number of aliphatic carboxylic acids is 1. The standard InChI is InChI=1S/C12H8O6S/c13-5-1-2-6(14)11-10(5)7(15)3-8(12(11)18)19-4-9(16)17/h1-3,13-14H,4H2,(H,16,17). The van der Waals surface area contributed by atoms with E-state index in [4.69, 9.17) is 5.11 Å². The average molecular weight is 280 g/mol. The van der Waals surface area contributed by atoms with Crippen LogP contribution in [0, 0.1) is 0 Å². The normalized spacial score (nSPS) is 14.0. The molecular formula is C12H8O6S. The second kappa shape index (κ2) is 4.77. The van der Waals surface area contributed by atoms with E-state index in [-0.39, 0.29) is 21.8 Å². The van der Waals surface area contributed by atoms with Crippen LogP contribution in [0.15, 0.2) is 23.1 Å². The average Bonchev–Trinajstić information content (AvgIpc) is 2.34. The smallest absolute Gasteiger partial charge is 0.313 e. The molecule has 3 N–H and O–H groups in total. The van der Waals surface area contributed by atoms with Gasteiger partial charge in [-0.15, -0.1) is 11.8 Å². The Hall–Kier alpha value is -2.28. The highest BCUT2D eigenvalue weighted by molar-refractivity contribution is 8.04. The molecule has 0 unspecified atom stereocenters. The third-order valence-corrected chi connectivity index (χ3v) is 3.48. The molecule has 0 heterocycles. The van der Waals surface area contributed by atoms with Crippen LogP contribution in [0.5, 0.6) is 11.5 Å². The number of rotatable bonds is 3. The van der Waals surface area contributed by atoms with Gasteiger partial charge >= 0.3 is 5.97 Å². The maximum Gasteiger partial charge on any atom is 0.313 e. The molecule has 0 bridgehead atoms. The molecule has 6 nitrogen and oxygen atoms in total. The lowest BCUT2D eigenvalue weighted by molar-refractivity contribution is -0.133. The molecule has 2 rings (SSSR count). The van der Waals surface area contributed by atoms with Gasteiger partial charge in [0, 0.05) is 6.08 Å². The van der Waals surface area contributed by atoms with Gasteiger partial charge in [-0.3, -0.25) is 14.4 Å². The number of Topliss-reactive ketones (excluding diaryl/α,β-unsaturated/α-hetero) is 1. The first-order valence-electron chi connectivity index (χ1n) is 5.12. The van der Waals surface area contributed by atoms with E-state index in [1.165, 1.54) is 0 Å². The highest BCUT2D eigenvalue weighted by Crippen LogP contribution is 2.37. The molecule has 0 amide bonds. The largest absolute Gasteiger partial charge is 0.507 e. The Morgan fingerprint density at radius 2 is 1.68 bits per heavy atom. The van der Waals surface area contributed by atoms with E-state index in [1.54, 1.807) is 0 Å². The molecule has 19 heavy (non-hydrogen) atoms. The molecule has 1 aromatic carbocycles. The van der Waals surface area contributed by atoms with Gasteiger partial charge in [-0.1, -0.05) is 0 Å². The molecule has 98 valence electrons. The molecule has 0 saturated heterocycles. The summed E-state index contributed by atoms with van der Waals surface area (Å²) in [6.45, 7) is 0. The van der Waals surface area contributed by atoms with Gasteiger partial charge < -0.3 is 15.3 Å². The number of ketones is 2. The number of aromatic hydroxyl groups is 2. The van der Waals surface area contributed by atoms with Crippen LogP contribution in [-0.2, 0) is 4.79 Å². The lowest BCUT2D eigenvalue weighted by Gasteiger charge is -2.16. The van der Waals surface area contributed by atoms with Crippen LogP contribution < -0.4 is 0 Å². The van der Waals surface area contributed by atoms with E-state index in [1.807, 2.05) is 0 Å². The van der Waals surface area contributed by atoms with Crippen molar-refractivity contribution in [2.24, 2.45) is 0 Å². The number of hydrogen-bond donors (Lipinski definition) is 3. The first kappa shape index (κ1) is 13.2. The zero-order valence-electron chi connectivity index (χ0n) is 9.41. The van der Waals surface area contributed by atoms with Crippen LogP contribution in [0.2, 0.25) is 0 Å². The van der Waals surface area contributed by atoms with E-state index >= 15 is 0 Å². The lowest BCUT2D eigenvalue weighted by atomic mass is 9.93. The molecule has 0 spiro atoms. The molecule has 0 atom stereocenters. The fourth-order valence-electron chi connectivity index (χ4n) is 1.69. The van der Waals surface area contributed by atoms with Crippen molar-refractivity contribution in [1.29, 1.82) is 0 Å². The number of carboxylic acids is 1. The van der Waals surface area contributed by atoms with Gasteiger partial charge in [0.1, 0.15) is 11.5 Å². The number of allylic oxidation sites excluding steroid dienone is 2. The predicted molar refractivity (Wildman–Crippen MR) is 66.6 cm³/mol. The van der Waals surface area contributed by atoms with Crippen molar-refractivity contribution in [3.8, 4) is 11.5 Å². The van der Waals surface area contributed by atoms with Gasteiger partial charge in [0.2, 0.25) is 5.78 Å². The third kappa shape index (κ3) is 2.32. The molecule has 1 aromatic rings. The van der Waals surface area contributed by atoms with Crippen LogP contribution in [-0.4, -0.2) is 38.6 Å². The van der Waals surface area contributed by atoms with Gasteiger partial charge in [-0.25, -0.2) is 0 Å². The summed E-state index contributed by atoms with van der Waals surface area (Å²) in [6, 6.07) is 2.22. The number of hydrogen-bond acceptors (Lipinski definition) is 6. The number of phenolic OH excluding ortho intramolecular Hbond substituents is 2. The van der Waals surface area contributed by atoms with E-state index < -0.39 is 29.0 Å². The Morgan fingerprint density at radius 1 is 1.11 bits per heavy atom. The predicted octanol–water partition coefficient (Wildman–Crippen LogP) is 1.18. The van der Waals surface area contributed by atoms with Gasteiger partial charge in [-0.05, 0) is 12.1 Å². The number of thioether (sulfide) groups is 1. The van der Waals surface area contributed by atoms with Crippen molar-refractivity contribution in [3.05, 3.63) is 34.2 Å². The summed E-state index contributed by atoms with van der Waals surface area (Å²) in [5, 5.41) is 27.7. The summed E-state index contributed by atoms with van der Waals surface area (Å²) >= 11 is 0.694. The molecule has 0 saturated carbocycles. The van der Waals surface area contributed by atoms with Crippen molar-refractivity contribution in [2.75, 3.05) is 5.75 Å². The van der Waals surface area contributed by atoms with Gasteiger partial charge in [0.15, 0.2) is 5.78 Å². The number of carboxylic acid groups (broad SMARTS) is 1. The fourth-order valence-corrected chi connectivity index (χ4v) is 2.39. The second-order valence-corrected chi connectivity index (χ2v) is 4.76. The zero-order chi connectivity index (χ0) is 14.2. The maximum absolute atomic E-state index is 12.0. The number of carbonyl (C=O) groups excluding carboxylic acids is 2. The summed E-state index contributed by atoms with van der Waals surface area (Å²) in [5.74, 6) is -3.64. The minimum absolute atomic E-state index is 0.0687. The van der Waals surface area contributed by atoms with Crippen molar-refractivity contribution in [2.45, 2.75) is 0 Å². The Balaban J connectivity index is 2.47. The topological polar surface area (TPSA) is 112 Å². The third-order valence-electron chi connectivity index (χ3n) is 2.47. The quantitative estimate of drug-likeness (QED) is 0.712. The molecule has 0 fully saturated rings. The van der Waals surface area contributed by atoms with Crippen LogP contribution in [0.25, 0.3) is 0 Å². The van der Waals surface area contributed by atoms with E-state index in [0.717, 1.165) is 18.2 Å². The van der Waals surface area contributed by atoms with Crippen LogP contribution >= 0.6 is 11.8 Å². The minimum atomic E-state index is -1.13. The molecule has 1 aliphatic rings. The summed E-state index contributed by atoms with van der Waals surface area (Å²) in [5.41, 5.74) is -0.551. The minimum Gasteiger partial charge on any atom is -0.507 e. The van der Waals surface area contributed by atoms with Crippen molar-refractivity contribution < 1.29 is 29.7 Å². The van der Waals surface area contributed by atoms with Crippen LogP contribution in [0.3, 0.4) is 0 Å². The van der Waals surface area contributed by atoms with E-state index in [2.05, 4.69) is 0 Å². The molecule has 0 aromatic heterocycles. The summed E-state index contributed by atoms with van der Waals surface area (Å²) in [4.78, 5) is 34.2. The number of fused-ring (bicyclic) bond motifs is 1. The first-order chi connectivity index (χ1) is 8.91. The molecule has 0 radical (unpaired) electrons. The van der Waals surface area contributed by atoms with Crippen molar-refractivity contribution in [1.82, 2.24) is 0 Å². The summed E-state index contributed by atoms with van der Waals surface area (Å²) < 4.78 is 0. The Labute approximate surface area is 111 Å². The van der Waals surface area contributed by atoms with Crippen LogP contribution in [0.4, 0.5) is 0 Å². The molecule has 1 aliphatic carbocycles. The van der Waals surface area contributed by atoms with Gasteiger partial charge in [-0.2, -0.15) is 0 Å². The van der Waals surface area contributed by atoms with Gasteiger partial charge in [0.25, 0.3) is 0 Å². The lowest BCUT2D eigenvalue weighted by Crippen LogP contribution is -2.17. The fraction of sp³-hybridized carbons (Fsp3) is 0.0833. The highest BCUT2D eigenvalue weighted by Gasteiger charge is 2.31. The molecule has 7 heteroatoms. The van der Waals surface area contributed by atoms with E-state index in [9.17, 15) is 24.6 Å². The van der Waals surface area contributed by atoms with Crippen LogP contribution in [0.1, 0.15) is 20.7 Å². The van der Waals surface area contributed by atoms with Crippen molar-refractivity contribution in [3.63, 3.8) is 0 Å². The highest BCUT2D eigenvalue weighted by atomic mass is 32.2. The molecular weight excluding hydrogens is 272 g/mol. The van der Waals surface area contributed by atoms with E-state index in [0.29, 0.717) is 11.8 Å². The Morgan fingerprint density at radius 3 is 2.26 bits per heavy atom. The second-order valence-electron chi connectivity index (χ2n) is 3.74. The first-order valence-corrected chi connectivity index (χ1v) is 6.10. The monoisotopic (exact) mass is 280 g/mol. The number of phenols is 2. The maximum atomic E-state index is 12.0. The Bertz CT molecular complexity index is 631. The zero-order valence-corrected chi connectivity index (χ0v) is 10.2. The summed E-state index contributed by atoms with van der Waals surface area (Å²) in [7, 11) is 0. The summed E-state index contributed by atoms with van der Waals surface area (Å²) in [6.07, 6.45) is 0.970. The molecule has 0 aliphatic heterocycles. The Kier molecular flexibility index (Phi) is 3.30. The van der Waals surface area contributed by atoms with Gasteiger partial charge in [0.05, 0.1) is 21.8 Å². The SMILES string of the molecule is O=C(O)CSC1=CC(=O)c2c(O)ccc(O)c2C1=O. The van der Waals surface area contributed by atoms with Crippen molar-refractivity contribution >= 4 is 29.3 Å².